The van der Waals surface area contributed by atoms with Crippen molar-refractivity contribution in [2.45, 2.75) is 44.9 Å². The molecule has 3 unspecified atom stereocenters. The summed E-state index contributed by atoms with van der Waals surface area (Å²) in [5.41, 5.74) is 5.86. The molecule has 0 radical (unpaired) electrons. The van der Waals surface area contributed by atoms with Crippen LogP contribution in [0.2, 0.25) is 0 Å². The molecule has 1 N–H and O–H groups in total. The van der Waals surface area contributed by atoms with Crippen LogP contribution >= 0.6 is 8.58 Å². The van der Waals surface area contributed by atoms with E-state index in [0.717, 1.165) is 14.2 Å². The predicted molar refractivity (Wildman–Crippen MR) is 79.5 cm³/mol. The van der Waals surface area contributed by atoms with Gasteiger partial charge < -0.3 is 5.32 Å². The molecule has 92 valence electrons. The lowest BCUT2D eigenvalue weighted by atomic mass is 9.99. The number of anilines is 1. The molecule has 0 saturated carbocycles. The Morgan fingerprint density at radius 2 is 2.12 bits per heavy atom. The second-order valence-corrected chi connectivity index (χ2v) is 7.88. The fourth-order valence-electron chi connectivity index (χ4n) is 2.60. The largest absolute Gasteiger partial charge is 0.358 e. The van der Waals surface area contributed by atoms with Gasteiger partial charge in [0.15, 0.2) is 0 Å². The third-order valence-corrected chi connectivity index (χ3v) is 5.45. The molecule has 3 atom stereocenters. The zero-order valence-corrected chi connectivity index (χ0v) is 12.2. The predicted octanol–water partition coefficient (Wildman–Crippen LogP) is 4.46. The number of rotatable bonds is 3. The van der Waals surface area contributed by atoms with E-state index in [1.807, 2.05) is 0 Å². The van der Waals surface area contributed by atoms with Gasteiger partial charge in [-0.25, -0.2) is 0 Å². The third kappa shape index (κ3) is 2.55. The number of aryl methyl sites for hydroxylation is 2. The molecule has 17 heavy (non-hydrogen) atoms. The highest BCUT2D eigenvalue weighted by atomic mass is 31.1. The van der Waals surface area contributed by atoms with E-state index in [4.69, 9.17) is 0 Å². The van der Waals surface area contributed by atoms with Gasteiger partial charge in [0.05, 0.1) is 0 Å². The molecule has 1 heterocycles. The number of allylic oxidation sites excluding steroid dienone is 1. The zero-order chi connectivity index (χ0) is 12.6. The van der Waals surface area contributed by atoms with Crippen molar-refractivity contribution in [3.8, 4) is 0 Å². The fraction of sp³-hybridized carbons (Fsp3) is 0.467. The summed E-state index contributed by atoms with van der Waals surface area (Å²) in [4.78, 5) is 0. The van der Waals surface area contributed by atoms with Crippen LogP contribution in [0.5, 0.6) is 0 Å². The molecule has 1 fully saturated rings. The van der Waals surface area contributed by atoms with Gasteiger partial charge in [0.1, 0.15) is 0 Å². The Morgan fingerprint density at radius 3 is 2.65 bits per heavy atom. The molecule has 1 aromatic carbocycles. The number of nitrogens with one attached hydrogen (secondary N) is 1. The molecule has 1 saturated heterocycles. The average molecular weight is 247 g/mol. The summed E-state index contributed by atoms with van der Waals surface area (Å²) >= 11 is 0. The van der Waals surface area contributed by atoms with Gasteiger partial charge in [0, 0.05) is 16.5 Å². The van der Waals surface area contributed by atoms with Gasteiger partial charge in [0.25, 0.3) is 0 Å². The number of benzene rings is 1. The molecule has 1 aliphatic heterocycles. The van der Waals surface area contributed by atoms with Gasteiger partial charge >= 0.3 is 0 Å². The minimum atomic E-state index is 0.316. The van der Waals surface area contributed by atoms with Crippen LogP contribution in [0.1, 0.15) is 31.4 Å². The second-order valence-electron chi connectivity index (χ2n) is 5.50. The summed E-state index contributed by atoms with van der Waals surface area (Å²) in [6.45, 7) is 13.2. The Balaban J connectivity index is 2.08. The van der Waals surface area contributed by atoms with Crippen molar-refractivity contribution in [2.24, 2.45) is 0 Å². The van der Waals surface area contributed by atoms with Crippen LogP contribution in [0, 0.1) is 13.8 Å². The van der Waals surface area contributed by atoms with Crippen LogP contribution in [-0.4, -0.2) is 10.8 Å². The molecule has 0 aromatic heterocycles. The van der Waals surface area contributed by atoms with Gasteiger partial charge in [-0.05, 0) is 37.6 Å². The normalized spacial score (nSPS) is 28.8. The summed E-state index contributed by atoms with van der Waals surface area (Å²) in [5, 5.41) is 3.83. The van der Waals surface area contributed by atoms with Crippen LogP contribution < -0.4 is 5.32 Å². The summed E-state index contributed by atoms with van der Waals surface area (Å²) in [6.07, 6.45) is 1.27. The Morgan fingerprint density at radius 1 is 1.47 bits per heavy atom. The molecule has 2 heteroatoms. The average Bonchev–Trinajstić information content (AvgIpc) is 2.20. The maximum atomic E-state index is 4.24. The third-order valence-electron chi connectivity index (χ3n) is 3.61. The van der Waals surface area contributed by atoms with Crippen LogP contribution in [0.3, 0.4) is 0 Å². The Bertz CT molecular complexity index is 444. The van der Waals surface area contributed by atoms with E-state index in [2.05, 4.69) is 57.8 Å². The summed E-state index contributed by atoms with van der Waals surface area (Å²) in [7, 11) is 1.00. The van der Waals surface area contributed by atoms with E-state index in [1.165, 1.54) is 28.9 Å². The van der Waals surface area contributed by atoms with Crippen molar-refractivity contribution < 1.29 is 0 Å². The summed E-state index contributed by atoms with van der Waals surface area (Å²) in [5.74, 6) is 0. The van der Waals surface area contributed by atoms with Crippen LogP contribution in [-0.2, 0) is 0 Å². The van der Waals surface area contributed by atoms with Gasteiger partial charge in [-0.15, -0.1) is 8.58 Å². The van der Waals surface area contributed by atoms with E-state index in [-0.39, 0.29) is 0 Å². The Kier molecular flexibility index (Phi) is 3.32. The van der Waals surface area contributed by atoms with Crippen molar-refractivity contribution >= 4 is 14.3 Å². The lowest BCUT2D eigenvalue weighted by molar-refractivity contribution is 0.592. The molecule has 1 nitrogen and oxygen atoms in total. The highest BCUT2D eigenvalue weighted by Crippen LogP contribution is 2.56. The fourth-order valence-corrected chi connectivity index (χ4v) is 4.49. The smallest absolute Gasteiger partial charge is 0.0411 e. The van der Waals surface area contributed by atoms with Gasteiger partial charge in [-0.1, -0.05) is 38.1 Å². The summed E-state index contributed by atoms with van der Waals surface area (Å²) < 4.78 is 0. The van der Waals surface area contributed by atoms with E-state index < -0.39 is 0 Å². The minimum Gasteiger partial charge on any atom is -0.358 e. The molecule has 1 aliphatic rings. The SMILES string of the molecule is C=C(Nc1ccc(C)cc1C)C1(C)CC(C)P1. The molecule has 0 aliphatic carbocycles. The Hall–Kier alpha value is -0.810. The van der Waals surface area contributed by atoms with E-state index in [1.54, 1.807) is 0 Å². The monoisotopic (exact) mass is 247 g/mol. The topological polar surface area (TPSA) is 12.0 Å². The molecule has 0 spiro atoms. The molecule has 1 aromatic rings. The first-order valence-corrected chi connectivity index (χ1v) is 7.30. The van der Waals surface area contributed by atoms with Crippen molar-refractivity contribution in [2.75, 3.05) is 5.32 Å². The maximum absolute atomic E-state index is 4.24. The standard InChI is InChI=1S/C15H22NP/c1-10-6-7-14(11(2)8-10)16-13(4)15(5)9-12(3)17-15/h6-8,12,16-17H,4,9H2,1-3,5H3. The van der Waals surface area contributed by atoms with Crippen molar-refractivity contribution in [3.05, 3.63) is 41.6 Å². The number of hydrogen-bond donors (Lipinski definition) is 1. The van der Waals surface area contributed by atoms with Gasteiger partial charge in [0.2, 0.25) is 0 Å². The highest BCUT2D eigenvalue weighted by Gasteiger charge is 2.40. The van der Waals surface area contributed by atoms with Crippen molar-refractivity contribution in [3.63, 3.8) is 0 Å². The van der Waals surface area contributed by atoms with E-state index in [0.29, 0.717) is 5.16 Å². The van der Waals surface area contributed by atoms with Crippen LogP contribution in [0.25, 0.3) is 0 Å². The quantitative estimate of drug-likeness (QED) is 0.778. The first kappa shape index (κ1) is 12.6. The first-order valence-electron chi connectivity index (χ1n) is 6.22. The van der Waals surface area contributed by atoms with E-state index >= 15 is 0 Å². The van der Waals surface area contributed by atoms with Gasteiger partial charge in [-0.3, -0.25) is 0 Å². The van der Waals surface area contributed by atoms with Crippen molar-refractivity contribution in [1.82, 2.24) is 0 Å². The molecular formula is C15H22NP. The Labute approximate surface area is 106 Å². The van der Waals surface area contributed by atoms with Crippen LogP contribution in [0.15, 0.2) is 30.5 Å². The molecule has 0 bridgehead atoms. The molecule has 0 amide bonds. The minimum absolute atomic E-state index is 0.316. The zero-order valence-electron chi connectivity index (χ0n) is 11.2. The molecular weight excluding hydrogens is 225 g/mol. The highest BCUT2D eigenvalue weighted by molar-refractivity contribution is 7.43. The van der Waals surface area contributed by atoms with Crippen LogP contribution in [0.4, 0.5) is 5.69 Å². The lowest BCUT2D eigenvalue weighted by Crippen LogP contribution is -2.38. The maximum Gasteiger partial charge on any atom is 0.0411 e. The van der Waals surface area contributed by atoms with E-state index in [9.17, 15) is 0 Å². The lowest BCUT2D eigenvalue weighted by Gasteiger charge is -2.45. The second kappa shape index (κ2) is 4.46. The number of hydrogen-bond acceptors (Lipinski definition) is 1. The van der Waals surface area contributed by atoms with Gasteiger partial charge in [-0.2, -0.15) is 0 Å². The van der Waals surface area contributed by atoms with Crippen molar-refractivity contribution in [1.29, 1.82) is 0 Å². The first-order chi connectivity index (χ1) is 7.90. The summed E-state index contributed by atoms with van der Waals surface area (Å²) in [6, 6.07) is 6.52. The molecule has 2 rings (SSSR count).